The van der Waals surface area contributed by atoms with Crippen molar-refractivity contribution in [3.05, 3.63) is 0 Å². The lowest BCUT2D eigenvalue weighted by molar-refractivity contribution is -0.0980. The zero-order chi connectivity index (χ0) is 8.93. The summed E-state index contributed by atoms with van der Waals surface area (Å²) >= 11 is 0. The van der Waals surface area contributed by atoms with E-state index < -0.39 is 0 Å². The molecule has 2 saturated heterocycles. The summed E-state index contributed by atoms with van der Waals surface area (Å²) in [5.41, 5.74) is 0. The van der Waals surface area contributed by atoms with Gasteiger partial charge in [0.2, 0.25) is 0 Å². The van der Waals surface area contributed by atoms with Crippen LogP contribution in [0.15, 0.2) is 0 Å². The monoisotopic (exact) mass is 186 g/mol. The molecule has 0 aliphatic carbocycles. The highest BCUT2D eigenvalue weighted by molar-refractivity contribution is 4.72. The molecule has 1 unspecified atom stereocenters. The maximum absolute atomic E-state index is 5.59. The van der Waals surface area contributed by atoms with E-state index in [0.29, 0.717) is 6.10 Å². The molecule has 0 spiro atoms. The molecule has 76 valence electrons. The van der Waals surface area contributed by atoms with Crippen LogP contribution in [0.4, 0.5) is 0 Å². The molecule has 13 heavy (non-hydrogen) atoms. The number of nitrogens with zero attached hydrogens (tertiary/aromatic N) is 1. The predicted octanol–water partition coefficient (Wildman–Crippen LogP) is -0.693. The summed E-state index contributed by atoms with van der Waals surface area (Å²) in [6, 6.07) is 0. The fourth-order valence-electron chi connectivity index (χ4n) is 1.82. The maximum atomic E-state index is 5.59. The van der Waals surface area contributed by atoms with Gasteiger partial charge < -0.3 is 14.8 Å². The van der Waals surface area contributed by atoms with Crippen LogP contribution >= 0.6 is 0 Å². The number of ether oxygens (including phenoxy) is 2. The van der Waals surface area contributed by atoms with Gasteiger partial charge in [-0.1, -0.05) is 0 Å². The van der Waals surface area contributed by atoms with Crippen molar-refractivity contribution >= 4 is 0 Å². The second-order valence-electron chi connectivity index (χ2n) is 3.62. The number of rotatable bonds is 2. The molecule has 4 nitrogen and oxygen atoms in total. The van der Waals surface area contributed by atoms with Gasteiger partial charge in [-0.3, -0.25) is 4.90 Å². The summed E-state index contributed by atoms with van der Waals surface area (Å²) < 4.78 is 10.9. The van der Waals surface area contributed by atoms with Gasteiger partial charge >= 0.3 is 0 Å². The van der Waals surface area contributed by atoms with E-state index in [1.807, 2.05) is 0 Å². The topological polar surface area (TPSA) is 33.7 Å². The minimum absolute atomic E-state index is 0.298. The van der Waals surface area contributed by atoms with Gasteiger partial charge in [-0.15, -0.1) is 0 Å². The fourth-order valence-corrected chi connectivity index (χ4v) is 1.82. The summed E-state index contributed by atoms with van der Waals surface area (Å²) in [5.74, 6) is 0. The molecule has 1 N–H and O–H groups in total. The first-order valence-corrected chi connectivity index (χ1v) is 5.07. The number of hydrogen-bond donors (Lipinski definition) is 1. The van der Waals surface area contributed by atoms with Crippen molar-refractivity contribution in [2.24, 2.45) is 0 Å². The van der Waals surface area contributed by atoms with E-state index in [0.717, 1.165) is 52.5 Å². The molecule has 2 aliphatic heterocycles. The van der Waals surface area contributed by atoms with E-state index in [1.165, 1.54) is 0 Å². The van der Waals surface area contributed by atoms with Gasteiger partial charge in [0.15, 0.2) is 0 Å². The van der Waals surface area contributed by atoms with Gasteiger partial charge in [-0.25, -0.2) is 0 Å². The summed E-state index contributed by atoms with van der Waals surface area (Å²) in [4.78, 5) is 2.44. The van der Waals surface area contributed by atoms with Gasteiger partial charge in [0, 0.05) is 32.7 Å². The first-order valence-electron chi connectivity index (χ1n) is 5.07. The van der Waals surface area contributed by atoms with E-state index in [-0.39, 0.29) is 0 Å². The summed E-state index contributed by atoms with van der Waals surface area (Å²) in [7, 11) is 0. The quantitative estimate of drug-likeness (QED) is 0.619. The van der Waals surface area contributed by atoms with Crippen LogP contribution in [0.1, 0.15) is 0 Å². The molecule has 0 aromatic carbocycles. The first-order chi connectivity index (χ1) is 6.45. The molecule has 2 rings (SSSR count). The smallest absolute Gasteiger partial charge is 0.0936 e. The van der Waals surface area contributed by atoms with Gasteiger partial charge in [-0.2, -0.15) is 0 Å². The van der Waals surface area contributed by atoms with Gasteiger partial charge in [0.05, 0.1) is 25.9 Å². The van der Waals surface area contributed by atoms with E-state index in [2.05, 4.69) is 10.2 Å². The van der Waals surface area contributed by atoms with Gasteiger partial charge in [0.1, 0.15) is 0 Å². The Morgan fingerprint density at radius 2 is 2.08 bits per heavy atom. The predicted molar refractivity (Wildman–Crippen MR) is 49.9 cm³/mol. The van der Waals surface area contributed by atoms with Crippen LogP contribution in [0.25, 0.3) is 0 Å². The minimum Gasteiger partial charge on any atom is -0.376 e. The molecule has 0 radical (unpaired) electrons. The summed E-state index contributed by atoms with van der Waals surface area (Å²) in [6.45, 7) is 7.81. The zero-order valence-corrected chi connectivity index (χ0v) is 8.00. The molecule has 0 aromatic heterocycles. The molecule has 0 bridgehead atoms. The Morgan fingerprint density at radius 3 is 2.77 bits per heavy atom. The largest absolute Gasteiger partial charge is 0.376 e. The van der Waals surface area contributed by atoms with Crippen molar-refractivity contribution in [3.63, 3.8) is 0 Å². The lowest BCUT2D eigenvalue weighted by atomic mass is 10.3. The number of nitrogens with one attached hydrogen (secondary N) is 1. The molecule has 1 atom stereocenters. The Morgan fingerprint density at radius 1 is 1.23 bits per heavy atom. The average Bonchev–Trinajstić information content (AvgIpc) is 2.21. The van der Waals surface area contributed by atoms with Crippen LogP contribution in [0.2, 0.25) is 0 Å². The lowest BCUT2D eigenvalue weighted by Gasteiger charge is -2.32. The van der Waals surface area contributed by atoms with E-state index >= 15 is 0 Å². The Hall–Kier alpha value is -0.160. The highest BCUT2D eigenvalue weighted by Gasteiger charge is 2.19. The van der Waals surface area contributed by atoms with E-state index in [4.69, 9.17) is 9.47 Å². The molecule has 2 aliphatic rings. The maximum Gasteiger partial charge on any atom is 0.0936 e. The second-order valence-corrected chi connectivity index (χ2v) is 3.62. The van der Waals surface area contributed by atoms with Crippen LogP contribution in [0.5, 0.6) is 0 Å². The molecule has 0 amide bonds. The minimum atomic E-state index is 0.298. The van der Waals surface area contributed by atoms with Crippen molar-refractivity contribution in [2.75, 3.05) is 52.5 Å². The van der Waals surface area contributed by atoms with E-state index in [9.17, 15) is 0 Å². The fraction of sp³-hybridized carbons (Fsp3) is 1.00. The highest BCUT2D eigenvalue weighted by atomic mass is 16.6. The van der Waals surface area contributed by atoms with Crippen LogP contribution < -0.4 is 5.32 Å². The Balaban J connectivity index is 1.69. The molecule has 2 fully saturated rings. The molecular weight excluding hydrogens is 168 g/mol. The van der Waals surface area contributed by atoms with Crippen molar-refractivity contribution in [1.82, 2.24) is 10.2 Å². The SMILES string of the molecule is C1CN(CC2COCCO2)CCN1. The van der Waals surface area contributed by atoms with Crippen molar-refractivity contribution < 1.29 is 9.47 Å². The third-order valence-electron chi connectivity index (χ3n) is 2.56. The van der Waals surface area contributed by atoms with Gasteiger partial charge in [0.25, 0.3) is 0 Å². The Bertz CT molecular complexity index is 127. The number of hydrogen-bond acceptors (Lipinski definition) is 4. The molecule has 0 saturated carbocycles. The third-order valence-corrected chi connectivity index (χ3v) is 2.56. The van der Waals surface area contributed by atoms with Crippen LogP contribution in [-0.4, -0.2) is 63.5 Å². The van der Waals surface area contributed by atoms with Crippen molar-refractivity contribution in [2.45, 2.75) is 6.10 Å². The summed E-state index contributed by atoms with van der Waals surface area (Å²) in [6.07, 6.45) is 0.298. The summed E-state index contributed by atoms with van der Waals surface area (Å²) in [5, 5.41) is 3.34. The van der Waals surface area contributed by atoms with Gasteiger partial charge in [-0.05, 0) is 0 Å². The molecule has 2 heterocycles. The molecule has 0 aromatic rings. The van der Waals surface area contributed by atoms with Crippen molar-refractivity contribution in [3.8, 4) is 0 Å². The van der Waals surface area contributed by atoms with Crippen LogP contribution in [-0.2, 0) is 9.47 Å². The van der Waals surface area contributed by atoms with Crippen LogP contribution in [0.3, 0.4) is 0 Å². The average molecular weight is 186 g/mol. The first kappa shape index (κ1) is 9.40. The normalized spacial score (nSPS) is 31.8. The zero-order valence-electron chi connectivity index (χ0n) is 8.00. The molecule has 4 heteroatoms. The number of piperazine rings is 1. The Labute approximate surface area is 79.2 Å². The van der Waals surface area contributed by atoms with Crippen LogP contribution in [0, 0.1) is 0 Å². The standard InChI is InChI=1S/C9H18N2O2/c1-3-11(4-2-10-1)7-9-8-12-5-6-13-9/h9-10H,1-8H2. The lowest BCUT2D eigenvalue weighted by Crippen LogP contribution is -2.48. The van der Waals surface area contributed by atoms with Crippen molar-refractivity contribution in [1.29, 1.82) is 0 Å². The third kappa shape index (κ3) is 2.91. The second kappa shape index (κ2) is 4.91. The van der Waals surface area contributed by atoms with E-state index in [1.54, 1.807) is 0 Å². The molecular formula is C9H18N2O2. The Kier molecular flexibility index (Phi) is 3.55. The highest BCUT2D eigenvalue weighted by Crippen LogP contribution is 2.04.